The van der Waals surface area contributed by atoms with Crippen LogP contribution in [0.4, 0.5) is 30.7 Å². The van der Waals surface area contributed by atoms with Crippen LogP contribution in [-0.2, 0) is 20.9 Å². The van der Waals surface area contributed by atoms with Crippen LogP contribution in [0.5, 0.6) is 5.88 Å². The number of hydrogen-bond donors (Lipinski definition) is 2. The van der Waals surface area contributed by atoms with Crippen LogP contribution in [0.15, 0.2) is 41.3 Å². The number of hydrogen-bond acceptors (Lipinski definition) is 7. The summed E-state index contributed by atoms with van der Waals surface area (Å²) in [6.07, 6.45) is -3.55. The first kappa shape index (κ1) is 29.8. The highest BCUT2D eigenvalue weighted by Crippen LogP contribution is 2.34. The van der Waals surface area contributed by atoms with Gasteiger partial charge in [0, 0.05) is 30.9 Å². The Bertz CT molecular complexity index is 991. The Kier molecular flexibility index (Phi) is 10.2. The van der Waals surface area contributed by atoms with Crippen molar-refractivity contribution in [2.45, 2.75) is 50.0 Å². The number of ether oxygens (including phenoxy) is 2. The molecular formula is C21H21F7N2O7. The fraction of sp³-hybridized carbons (Fsp3) is 0.476. The predicted molar refractivity (Wildman–Crippen MR) is 108 cm³/mol. The van der Waals surface area contributed by atoms with Crippen molar-refractivity contribution in [1.82, 2.24) is 9.88 Å². The van der Waals surface area contributed by atoms with Gasteiger partial charge in [-0.15, -0.1) is 0 Å². The molecule has 0 radical (unpaired) electrons. The largest absolute Gasteiger partial charge is 0.490 e. The van der Waals surface area contributed by atoms with E-state index in [2.05, 4.69) is 9.88 Å². The molecule has 0 bridgehead atoms. The monoisotopic (exact) mass is 546 g/mol. The SMILES string of the molecule is Fc1cccnc1O[C@H]1CC[C@H]2[C@H]1OCCN2Cc1ccoc1.O=C(O)C(F)(F)F.O=C(O)C(F)(F)F. The van der Waals surface area contributed by atoms with E-state index in [1.54, 1.807) is 18.6 Å². The number of aromatic nitrogens is 1. The molecule has 206 valence electrons. The number of carboxylic acid groups (broad SMARTS) is 2. The first-order valence-electron chi connectivity index (χ1n) is 10.4. The molecule has 1 saturated carbocycles. The summed E-state index contributed by atoms with van der Waals surface area (Å²) in [6, 6.07) is 5.19. The van der Waals surface area contributed by atoms with Gasteiger partial charge in [-0.2, -0.15) is 26.3 Å². The van der Waals surface area contributed by atoms with Gasteiger partial charge in [0.25, 0.3) is 5.88 Å². The Labute approximate surface area is 204 Å². The molecule has 2 fully saturated rings. The maximum absolute atomic E-state index is 13.7. The lowest BCUT2D eigenvalue weighted by Gasteiger charge is -2.38. The summed E-state index contributed by atoms with van der Waals surface area (Å²) in [5, 5.41) is 14.2. The fourth-order valence-corrected chi connectivity index (χ4v) is 3.53. The van der Waals surface area contributed by atoms with Crippen LogP contribution in [0.3, 0.4) is 0 Å². The maximum Gasteiger partial charge on any atom is 0.490 e. The van der Waals surface area contributed by atoms with E-state index in [0.717, 1.165) is 31.5 Å². The molecule has 9 nitrogen and oxygen atoms in total. The Balaban J connectivity index is 0.000000286. The highest BCUT2D eigenvalue weighted by atomic mass is 19.4. The first-order valence-corrected chi connectivity index (χ1v) is 10.4. The number of halogens is 7. The summed E-state index contributed by atoms with van der Waals surface area (Å²) in [6.45, 7) is 2.38. The van der Waals surface area contributed by atoms with E-state index >= 15 is 0 Å². The third-order valence-electron chi connectivity index (χ3n) is 5.09. The van der Waals surface area contributed by atoms with Crippen LogP contribution < -0.4 is 4.74 Å². The van der Waals surface area contributed by atoms with Crippen molar-refractivity contribution in [1.29, 1.82) is 0 Å². The lowest BCUT2D eigenvalue weighted by atomic mass is 10.1. The van der Waals surface area contributed by atoms with Gasteiger partial charge in [0.05, 0.1) is 19.1 Å². The normalized spacial score (nSPS) is 21.5. The average Bonchev–Trinajstić information content (AvgIpc) is 3.46. The van der Waals surface area contributed by atoms with Crippen molar-refractivity contribution in [3.05, 3.63) is 48.3 Å². The van der Waals surface area contributed by atoms with Crippen molar-refractivity contribution < 1.29 is 64.4 Å². The lowest BCUT2D eigenvalue weighted by molar-refractivity contribution is -0.193. The van der Waals surface area contributed by atoms with Gasteiger partial charge in [-0.05, 0) is 31.0 Å². The van der Waals surface area contributed by atoms with Gasteiger partial charge in [0.15, 0.2) is 5.82 Å². The molecular weight excluding hydrogens is 525 g/mol. The molecule has 3 heterocycles. The predicted octanol–water partition coefficient (Wildman–Crippen LogP) is 3.89. The molecule has 0 amide bonds. The zero-order valence-electron chi connectivity index (χ0n) is 18.7. The van der Waals surface area contributed by atoms with E-state index in [0.29, 0.717) is 6.61 Å². The Morgan fingerprint density at radius 1 is 1.08 bits per heavy atom. The quantitative estimate of drug-likeness (QED) is 0.550. The van der Waals surface area contributed by atoms with Crippen LogP contribution >= 0.6 is 0 Å². The Morgan fingerprint density at radius 3 is 2.22 bits per heavy atom. The molecule has 2 aromatic rings. The highest BCUT2D eigenvalue weighted by molar-refractivity contribution is 5.73. The van der Waals surface area contributed by atoms with Gasteiger partial charge in [-0.1, -0.05) is 0 Å². The molecule has 2 aromatic heterocycles. The topological polar surface area (TPSA) is 122 Å². The van der Waals surface area contributed by atoms with Crippen LogP contribution in [0.1, 0.15) is 18.4 Å². The summed E-state index contributed by atoms with van der Waals surface area (Å²) < 4.78 is 94.1. The van der Waals surface area contributed by atoms with Crippen molar-refractivity contribution in [3.63, 3.8) is 0 Å². The molecule has 1 aliphatic heterocycles. The van der Waals surface area contributed by atoms with Crippen molar-refractivity contribution >= 4 is 11.9 Å². The Hall–Kier alpha value is -3.40. The second kappa shape index (κ2) is 12.7. The van der Waals surface area contributed by atoms with E-state index in [-0.39, 0.29) is 24.1 Å². The van der Waals surface area contributed by atoms with Gasteiger partial charge in [-0.25, -0.2) is 19.0 Å². The number of furan rings is 1. The van der Waals surface area contributed by atoms with Gasteiger partial charge in [-0.3, -0.25) is 4.90 Å². The molecule has 0 aromatic carbocycles. The van der Waals surface area contributed by atoms with Crippen molar-refractivity contribution in [3.8, 4) is 5.88 Å². The number of carboxylic acids is 2. The van der Waals surface area contributed by atoms with Crippen molar-refractivity contribution in [2.24, 2.45) is 0 Å². The summed E-state index contributed by atoms with van der Waals surface area (Å²) in [4.78, 5) is 24.2. The molecule has 1 saturated heterocycles. The number of rotatable bonds is 4. The fourth-order valence-electron chi connectivity index (χ4n) is 3.53. The van der Waals surface area contributed by atoms with E-state index < -0.39 is 30.1 Å². The third-order valence-corrected chi connectivity index (χ3v) is 5.09. The van der Waals surface area contributed by atoms with E-state index in [9.17, 15) is 30.7 Å². The number of carbonyl (C=O) groups is 2. The number of aliphatic carboxylic acids is 2. The number of morpholine rings is 1. The first-order chi connectivity index (χ1) is 17.2. The van der Waals surface area contributed by atoms with Gasteiger partial charge in [0.2, 0.25) is 0 Å². The van der Waals surface area contributed by atoms with Crippen LogP contribution in [0.2, 0.25) is 0 Å². The summed E-state index contributed by atoms with van der Waals surface area (Å²) in [5.74, 6) is -5.88. The van der Waals surface area contributed by atoms with Crippen molar-refractivity contribution in [2.75, 3.05) is 13.2 Å². The average molecular weight is 546 g/mol. The molecule has 2 aliphatic rings. The summed E-state index contributed by atoms with van der Waals surface area (Å²) >= 11 is 0. The second-order valence-corrected chi connectivity index (χ2v) is 7.63. The summed E-state index contributed by atoms with van der Waals surface area (Å²) in [7, 11) is 0. The molecule has 2 N–H and O–H groups in total. The van der Waals surface area contributed by atoms with Gasteiger partial charge < -0.3 is 24.1 Å². The molecule has 1 aliphatic carbocycles. The molecule has 37 heavy (non-hydrogen) atoms. The van der Waals surface area contributed by atoms with Crippen LogP contribution in [0.25, 0.3) is 0 Å². The zero-order chi connectivity index (χ0) is 27.8. The molecule has 0 unspecified atom stereocenters. The highest BCUT2D eigenvalue weighted by Gasteiger charge is 2.44. The van der Waals surface area contributed by atoms with Gasteiger partial charge in [0.1, 0.15) is 12.2 Å². The van der Waals surface area contributed by atoms with Gasteiger partial charge >= 0.3 is 24.3 Å². The lowest BCUT2D eigenvalue weighted by Crippen LogP contribution is -2.51. The van der Waals surface area contributed by atoms with Crippen LogP contribution in [0, 0.1) is 5.82 Å². The minimum atomic E-state index is -5.08. The number of alkyl halides is 6. The zero-order valence-corrected chi connectivity index (χ0v) is 18.7. The molecule has 3 atom stereocenters. The van der Waals surface area contributed by atoms with E-state index in [4.69, 9.17) is 33.7 Å². The molecule has 4 rings (SSSR count). The van der Waals surface area contributed by atoms with E-state index in [1.807, 2.05) is 6.07 Å². The number of pyridine rings is 1. The second-order valence-electron chi connectivity index (χ2n) is 7.63. The molecule has 0 spiro atoms. The third kappa shape index (κ3) is 9.20. The summed E-state index contributed by atoms with van der Waals surface area (Å²) in [5.41, 5.74) is 1.16. The van der Waals surface area contributed by atoms with Crippen LogP contribution in [-0.4, -0.2) is 75.8 Å². The smallest absolute Gasteiger partial charge is 0.475 e. The number of nitrogens with zero attached hydrogens (tertiary/aromatic N) is 2. The minimum Gasteiger partial charge on any atom is -0.475 e. The van der Waals surface area contributed by atoms with E-state index in [1.165, 1.54) is 12.3 Å². The maximum atomic E-state index is 13.7. The Morgan fingerprint density at radius 2 is 1.70 bits per heavy atom. The standard InChI is InChI=1S/C17H19FN2O3.2C2HF3O2/c18-13-2-1-6-19-17(13)23-15-4-3-14-16(15)22-9-7-20(14)10-12-5-8-21-11-12;2*3-2(4,5)1(6)7/h1-2,5-6,8,11,14-16H,3-4,7,9-10H2;2*(H,6,7)/t14-,15-,16+;;/m0../s1. The molecule has 16 heteroatoms. The minimum absolute atomic E-state index is 0.0444. The number of fused-ring (bicyclic) bond motifs is 1.